The lowest BCUT2D eigenvalue weighted by Gasteiger charge is -2.14. The number of amides is 2. The van der Waals surface area contributed by atoms with Gasteiger partial charge in [-0.05, 0) is 45.9 Å². The molecule has 0 aromatic heterocycles. The first-order valence-corrected chi connectivity index (χ1v) is 7.69. The Balaban J connectivity index is 2.77. The van der Waals surface area contributed by atoms with E-state index in [1.807, 2.05) is 27.7 Å². The fourth-order valence-corrected chi connectivity index (χ4v) is 1.93. The van der Waals surface area contributed by atoms with Crippen LogP contribution in [0, 0.1) is 0 Å². The molecule has 0 aliphatic heterocycles. The molecular formula is C16H23ClN2O3. The van der Waals surface area contributed by atoms with E-state index in [2.05, 4.69) is 10.6 Å². The highest BCUT2D eigenvalue weighted by atomic mass is 35.5. The lowest BCUT2D eigenvalue weighted by Crippen LogP contribution is -2.31. The van der Waals surface area contributed by atoms with Crippen LogP contribution >= 0.6 is 11.6 Å². The summed E-state index contributed by atoms with van der Waals surface area (Å²) in [5.41, 5.74) is 0.788. The van der Waals surface area contributed by atoms with Crippen molar-refractivity contribution >= 4 is 29.1 Å². The molecule has 2 amide bonds. The number of anilines is 1. The van der Waals surface area contributed by atoms with Gasteiger partial charge in [0.05, 0.1) is 30.4 Å². The summed E-state index contributed by atoms with van der Waals surface area (Å²) in [4.78, 5) is 24.1. The van der Waals surface area contributed by atoms with Gasteiger partial charge in [0.15, 0.2) is 0 Å². The molecule has 0 saturated carbocycles. The molecule has 1 aromatic rings. The van der Waals surface area contributed by atoms with Crippen molar-refractivity contribution in [3.8, 4) is 0 Å². The summed E-state index contributed by atoms with van der Waals surface area (Å²) in [6.07, 6.45) is 0.294. The van der Waals surface area contributed by atoms with Crippen LogP contribution in [0.5, 0.6) is 0 Å². The van der Waals surface area contributed by atoms with Crippen LogP contribution in [-0.2, 0) is 9.53 Å². The zero-order valence-corrected chi connectivity index (χ0v) is 14.2. The number of halogens is 1. The van der Waals surface area contributed by atoms with E-state index in [9.17, 15) is 9.59 Å². The minimum absolute atomic E-state index is 0.00571. The molecular weight excluding hydrogens is 304 g/mol. The van der Waals surface area contributed by atoms with E-state index in [1.165, 1.54) is 0 Å². The van der Waals surface area contributed by atoms with E-state index in [1.54, 1.807) is 18.2 Å². The SMILES string of the molecule is CC(C)NC(=O)c1ccc(Cl)cc1NC(=O)CCOC(C)C. The predicted molar refractivity (Wildman–Crippen MR) is 88.4 cm³/mol. The molecule has 0 fully saturated rings. The second-order valence-electron chi connectivity index (χ2n) is 5.54. The van der Waals surface area contributed by atoms with Gasteiger partial charge in [-0.3, -0.25) is 9.59 Å². The third-order valence-electron chi connectivity index (χ3n) is 2.70. The Bertz CT molecular complexity index is 530. The molecule has 0 heterocycles. The van der Waals surface area contributed by atoms with Crippen molar-refractivity contribution in [2.75, 3.05) is 11.9 Å². The fraction of sp³-hybridized carbons (Fsp3) is 0.500. The molecule has 0 bridgehead atoms. The molecule has 2 N–H and O–H groups in total. The average Bonchev–Trinajstić information content (AvgIpc) is 2.37. The van der Waals surface area contributed by atoms with Gasteiger partial charge in [-0.1, -0.05) is 11.6 Å². The second kappa shape index (κ2) is 8.76. The van der Waals surface area contributed by atoms with Gasteiger partial charge in [0.25, 0.3) is 5.91 Å². The Morgan fingerprint density at radius 2 is 1.91 bits per heavy atom. The van der Waals surface area contributed by atoms with E-state index in [0.29, 0.717) is 22.9 Å². The van der Waals surface area contributed by atoms with Gasteiger partial charge in [-0.25, -0.2) is 0 Å². The standard InChI is InChI=1S/C16H23ClN2O3/c1-10(2)18-16(21)13-6-5-12(17)9-14(13)19-15(20)7-8-22-11(3)4/h5-6,9-11H,7-8H2,1-4H3,(H,18,21)(H,19,20). The molecule has 0 aliphatic rings. The second-order valence-corrected chi connectivity index (χ2v) is 5.97. The van der Waals surface area contributed by atoms with Crippen LogP contribution in [0.1, 0.15) is 44.5 Å². The Morgan fingerprint density at radius 3 is 2.50 bits per heavy atom. The number of hydrogen-bond acceptors (Lipinski definition) is 3. The van der Waals surface area contributed by atoms with E-state index in [-0.39, 0.29) is 30.4 Å². The molecule has 0 aliphatic carbocycles. The highest BCUT2D eigenvalue weighted by Crippen LogP contribution is 2.21. The Labute approximate surface area is 136 Å². The number of benzene rings is 1. The number of ether oxygens (including phenoxy) is 1. The van der Waals surface area contributed by atoms with Crippen molar-refractivity contribution in [1.82, 2.24) is 5.32 Å². The van der Waals surface area contributed by atoms with Gasteiger partial charge in [0.2, 0.25) is 5.91 Å². The predicted octanol–water partition coefficient (Wildman–Crippen LogP) is 3.23. The zero-order chi connectivity index (χ0) is 16.7. The van der Waals surface area contributed by atoms with Gasteiger partial charge in [-0.2, -0.15) is 0 Å². The van der Waals surface area contributed by atoms with Gasteiger partial charge in [-0.15, -0.1) is 0 Å². The fourth-order valence-electron chi connectivity index (χ4n) is 1.76. The minimum Gasteiger partial charge on any atom is -0.378 e. The minimum atomic E-state index is -0.250. The van der Waals surface area contributed by atoms with Crippen molar-refractivity contribution in [3.63, 3.8) is 0 Å². The number of carbonyl (C=O) groups excluding carboxylic acids is 2. The first kappa shape index (κ1) is 18.5. The van der Waals surface area contributed by atoms with Gasteiger partial charge < -0.3 is 15.4 Å². The molecule has 5 nitrogen and oxygen atoms in total. The number of carbonyl (C=O) groups is 2. The third-order valence-corrected chi connectivity index (χ3v) is 2.94. The molecule has 0 atom stereocenters. The molecule has 0 radical (unpaired) electrons. The van der Waals surface area contributed by atoms with Crippen molar-refractivity contribution in [2.24, 2.45) is 0 Å². The van der Waals surface area contributed by atoms with Crippen LogP contribution in [0.4, 0.5) is 5.69 Å². The normalized spacial score (nSPS) is 10.9. The van der Waals surface area contributed by atoms with Crippen LogP contribution in [0.3, 0.4) is 0 Å². The summed E-state index contributed by atoms with van der Waals surface area (Å²) in [6, 6.07) is 4.79. The Kier molecular flexibility index (Phi) is 7.35. The molecule has 1 aromatic carbocycles. The highest BCUT2D eigenvalue weighted by molar-refractivity contribution is 6.31. The molecule has 6 heteroatoms. The van der Waals surface area contributed by atoms with E-state index in [4.69, 9.17) is 16.3 Å². The number of rotatable bonds is 7. The van der Waals surface area contributed by atoms with Gasteiger partial charge in [0.1, 0.15) is 0 Å². The first-order valence-electron chi connectivity index (χ1n) is 7.31. The van der Waals surface area contributed by atoms with Crippen molar-refractivity contribution in [3.05, 3.63) is 28.8 Å². The summed E-state index contributed by atoms with van der Waals surface area (Å²) in [5, 5.41) is 5.96. The molecule has 1 rings (SSSR count). The topological polar surface area (TPSA) is 67.4 Å². The summed E-state index contributed by atoms with van der Waals surface area (Å²) in [7, 11) is 0. The lowest BCUT2D eigenvalue weighted by atomic mass is 10.1. The van der Waals surface area contributed by atoms with Crippen LogP contribution in [-0.4, -0.2) is 30.6 Å². The van der Waals surface area contributed by atoms with Crippen molar-refractivity contribution in [1.29, 1.82) is 0 Å². The maximum absolute atomic E-state index is 12.1. The molecule has 0 spiro atoms. The van der Waals surface area contributed by atoms with Crippen molar-refractivity contribution in [2.45, 2.75) is 46.3 Å². The van der Waals surface area contributed by atoms with E-state index >= 15 is 0 Å². The smallest absolute Gasteiger partial charge is 0.253 e. The van der Waals surface area contributed by atoms with E-state index in [0.717, 1.165) is 0 Å². The number of hydrogen-bond donors (Lipinski definition) is 2. The Morgan fingerprint density at radius 1 is 1.23 bits per heavy atom. The largest absolute Gasteiger partial charge is 0.378 e. The van der Waals surface area contributed by atoms with Crippen LogP contribution < -0.4 is 10.6 Å². The lowest BCUT2D eigenvalue weighted by molar-refractivity contribution is -0.117. The van der Waals surface area contributed by atoms with Crippen LogP contribution in [0.2, 0.25) is 5.02 Å². The summed E-state index contributed by atoms with van der Waals surface area (Å²) < 4.78 is 5.34. The highest BCUT2D eigenvalue weighted by Gasteiger charge is 2.15. The maximum Gasteiger partial charge on any atom is 0.253 e. The van der Waals surface area contributed by atoms with Crippen LogP contribution in [0.15, 0.2) is 18.2 Å². The van der Waals surface area contributed by atoms with Gasteiger partial charge >= 0.3 is 0 Å². The molecule has 0 saturated heterocycles. The van der Waals surface area contributed by atoms with Gasteiger partial charge in [0, 0.05) is 11.1 Å². The molecule has 122 valence electrons. The average molecular weight is 327 g/mol. The maximum atomic E-state index is 12.1. The zero-order valence-electron chi connectivity index (χ0n) is 13.4. The van der Waals surface area contributed by atoms with Crippen LogP contribution in [0.25, 0.3) is 0 Å². The van der Waals surface area contributed by atoms with E-state index < -0.39 is 0 Å². The summed E-state index contributed by atoms with van der Waals surface area (Å²) in [5.74, 6) is -0.470. The first-order chi connectivity index (χ1) is 10.3. The molecule has 0 unspecified atom stereocenters. The number of nitrogens with one attached hydrogen (secondary N) is 2. The van der Waals surface area contributed by atoms with Crippen molar-refractivity contribution < 1.29 is 14.3 Å². The quantitative estimate of drug-likeness (QED) is 0.808. The Hall–Kier alpha value is -1.59. The monoisotopic (exact) mass is 326 g/mol. The molecule has 22 heavy (non-hydrogen) atoms. The third kappa shape index (κ3) is 6.45. The summed E-state index contributed by atoms with van der Waals surface area (Å²) in [6.45, 7) is 7.88. The summed E-state index contributed by atoms with van der Waals surface area (Å²) >= 11 is 5.95.